The zero-order valence-corrected chi connectivity index (χ0v) is 18.0. The molecule has 1 aliphatic rings. The van der Waals surface area contributed by atoms with E-state index in [4.69, 9.17) is 4.74 Å². The number of amides is 1. The van der Waals surface area contributed by atoms with Crippen molar-refractivity contribution < 1.29 is 24.5 Å². The van der Waals surface area contributed by atoms with Crippen molar-refractivity contribution in [3.8, 4) is 11.5 Å². The molecule has 31 heavy (non-hydrogen) atoms. The van der Waals surface area contributed by atoms with Gasteiger partial charge in [0.25, 0.3) is 11.7 Å². The summed E-state index contributed by atoms with van der Waals surface area (Å²) in [6.45, 7) is 3.41. The molecule has 7 heteroatoms. The largest absolute Gasteiger partial charge is 0.508 e. The average molecular weight is 424 g/mol. The number of phenols is 1. The molecule has 0 saturated carbocycles. The first-order valence-corrected chi connectivity index (χ1v) is 10.3. The van der Waals surface area contributed by atoms with Crippen molar-refractivity contribution >= 4 is 17.4 Å². The molecule has 1 aliphatic heterocycles. The molecule has 2 aromatic carbocycles. The van der Waals surface area contributed by atoms with Gasteiger partial charge in [-0.3, -0.25) is 9.59 Å². The molecule has 1 atom stereocenters. The number of hydrogen-bond acceptors (Lipinski definition) is 6. The van der Waals surface area contributed by atoms with E-state index < -0.39 is 17.7 Å². The molecule has 0 spiro atoms. The van der Waals surface area contributed by atoms with Gasteiger partial charge >= 0.3 is 0 Å². The quantitative estimate of drug-likeness (QED) is 0.384. The van der Waals surface area contributed by atoms with Crippen LogP contribution < -0.4 is 4.74 Å². The van der Waals surface area contributed by atoms with Crippen LogP contribution in [0.2, 0.25) is 0 Å². The van der Waals surface area contributed by atoms with E-state index in [9.17, 15) is 19.8 Å². The Bertz CT molecular complexity index is 999. The molecule has 1 unspecified atom stereocenters. The summed E-state index contributed by atoms with van der Waals surface area (Å²) in [6.07, 6.45) is 0.662. The summed E-state index contributed by atoms with van der Waals surface area (Å²) < 4.78 is 5.50. The normalized spacial score (nSPS) is 18.1. The van der Waals surface area contributed by atoms with Crippen LogP contribution in [0.25, 0.3) is 5.76 Å². The molecular weight excluding hydrogens is 396 g/mol. The van der Waals surface area contributed by atoms with Gasteiger partial charge in [-0.25, -0.2) is 0 Å². The first-order chi connectivity index (χ1) is 14.8. The van der Waals surface area contributed by atoms with E-state index in [1.165, 1.54) is 17.0 Å². The van der Waals surface area contributed by atoms with Gasteiger partial charge in [-0.05, 0) is 63.8 Å². The zero-order valence-electron chi connectivity index (χ0n) is 18.0. The summed E-state index contributed by atoms with van der Waals surface area (Å²) in [4.78, 5) is 29.4. The number of carbonyl (C=O) groups is 2. The lowest BCUT2D eigenvalue weighted by molar-refractivity contribution is -0.139. The van der Waals surface area contributed by atoms with E-state index >= 15 is 0 Å². The maximum atomic E-state index is 13.0. The van der Waals surface area contributed by atoms with Crippen LogP contribution in [0.3, 0.4) is 0 Å². The number of rotatable bonds is 8. The second-order valence-electron chi connectivity index (χ2n) is 7.71. The van der Waals surface area contributed by atoms with Gasteiger partial charge in [0, 0.05) is 12.1 Å². The second kappa shape index (κ2) is 9.66. The molecule has 0 bridgehead atoms. The minimum absolute atomic E-state index is 0.00843. The first kappa shape index (κ1) is 22.4. The van der Waals surface area contributed by atoms with Crippen molar-refractivity contribution in [1.82, 2.24) is 9.80 Å². The van der Waals surface area contributed by atoms with Gasteiger partial charge in [0.1, 0.15) is 17.3 Å². The number of nitrogens with zero attached hydrogens (tertiary/aromatic N) is 2. The molecule has 164 valence electrons. The Morgan fingerprint density at radius 2 is 1.87 bits per heavy atom. The molecule has 0 radical (unpaired) electrons. The third-order valence-corrected chi connectivity index (χ3v) is 5.15. The topological polar surface area (TPSA) is 90.3 Å². The summed E-state index contributed by atoms with van der Waals surface area (Å²) in [7, 11) is 3.87. The highest BCUT2D eigenvalue weighted by atomic mass is 16.5. The van der Waals surface area contributed by atoms with Crippen molar-refractivity contribution in [3.05, 3.63) is 65.2 Å². The number of likely N-dealkylation sites (tertiary alicyclic amines) is 1. The Morgan fingerprint density at radius 3 is 2.55 bits per heavy atom. The van der Waals surface area contributed by atoms with Gasteiger partial charge in [0.15, 0.2) is 0 Å². The van der Waals surface area contributed by atoms with E-state index in [1.54, 1.807) is 36.4 Å². The summed E-state index contributed by atoms with van der Waals surface area (Å²) >= 11 is 0. The first-order valence-electron chi connectivity index (χ1n) is 10.3. The van der Waals surface area contributed by atoms with Crippen molar-refractivity contribution in [1.29, 1.82) is 0 Å². The van der Waals surface area contributed by atoms with Crippen LogP contribution in [0.1, 0.15) is 30.5 Å². The lowest BCUT2D eigenvalue weighted by atomic mass is 9.95. The number of aliphatic hydroxyl groups is 1. The fraction of sp³-hybridized carbons (Fsp3) is 0.333. The highest BCUT2D eigenvalue weighted by Crippen LogP contribution is 2.40. The lowest BCUT2D eigenvalue weighted by Crippen LogP contribution is -2.32. The van der Waals surface area contributed by atoms with Crippen LogP contribution in [0.15, 0.2) is 54.1 Å². The molecule has 2 N–H and O–H groups in total. The van der Waals surface area contributed by atoms with Crippen LogP contribution >= 0.6 is 0 Å². The predicted molar refractivity (Wildman–Crippen MR) is 118 cm³/mol. The highest BCUT2D eigenvalue weighted by molar-refractivity contribution is 6.46. The van der Waals surface area contributed by atoms with Crippen LogP contribution in [0.5, 0.6) is 11.5 Å². The number of Topliss-reactive ketones (excluding diaryl/α,β-unsaturated/α-hetero) is 1. The number of hydrogen-bond donors (Lipinski definition) is 2. The molecule has 1 fully saturated rings. The van der Waals surface area contributed by atoms with Gasteiger partial charge in [-0.2, -0.15) is 0 Å². The number of aliphatic hydroxyl groups excluding tert-OH is 1. The van der Waals surface area contributed by atoms with E-state index in [0.717, 1.165) is 6.54 Å². The van der Waals surface area contributed by atoms with Gasteiger partial charge < -0.3 is 24.7 Å². The van der Waals surface area contributed by atoms with Gasteiger partial charge in [0.2, 0.25) is 0 Å². The van der Waals surface area contributed by atoms with Crippen LogP contribution in [0.4, 0.5) is 0 Å². The summed E-state index contributed by atoms with van der Waals surface area (Å²) in [6, 6.07) is 12.4. The molecule has 1 saturated heterocycles. The van der Waals surface area contributed by atoms with Crippen molar-refractivity contribution in [2.75, 3.05) is 33.8 Å². The zero-order chi connectivity index (χ0) is 22.5. The van der Waals surface area contributed by atoms with E-state index in [2.05, 4.69) is 0 Å². The molecule has 0 aliphatic carbocycles. The Balaban J connectivity index is 2.09. The SMILES string of the molecule is CCOc1cccc(/C(O)=C2/C(=O)C(=O)N(CCCN(C)C)C2c2cccc(O)c2)c1. The predicted octanol–water partition coefficient (Wildman–Crippen LogP) is 3.16. The highest BCUT2D eigenvalue weighted by Gasteiger charge is 2.45. The third kappa shape index (κ3) is 4.88. The Hall–Kier alpha value is -3.32. The van der Waals surface area contributed by atoms with Gasteiger partial charge in [-0.1, -0.05) is 24.3 Å². The number of benzene rings is 2. The standard InChI is InChI=1S/C24H28N2O5/c1-4-31-19-11-6-9-17(15-19)22(28)20-21(16-8-5-10-18(27)14-16)26(24(30)23(20)29)13-7-12-25(2)3/h5-6,8-11,14-15,21,27-28H,4,7,12-13H2,1-3H3/b22-20-. The van der Waals surface area contributed by atoms with Crippen LogP contribution in [-0.4, -0.2) is 65.5 Å². The average Bonchev–Trinajstić information content (AvgIpc) is 2.98. The van der Waals surface area contributed by atoms with Crippen molar-refractivity contribution in [2.45, 2.75) is 19.4 Å². The van der Waals surface area contributed by atoms with E-state index in [1.807, 2.05) is 25.9 Å². The summed E-state index contributed by atoms with van der Waals surface area (Å²) in [5.74, 6) is -1.08. The monoisotopic (exact) mass is 424 g/mol. The van der Waals surface area contributed by atoms with Crippen molar-refractivity contribution in [2.24, 2.45) is 0 Å². The number of aromatic hydroxyl groups is 1. The number of phenolic OH excluding ortho intramolecular Hbond substituents is 1. The number of carbonyl (C=O) groups excluding carboxylic acids is 2. The summed E-state index contributed by atoms with van der Waals surface area (Å²) in [5, 5.41) is 21.1. The number of ketones is 1. The molecular formula is C24H28N2O5. The molecule has 7 nitrogen and oxygen atoms in total. The van der Waals surface area contributed by atoms with Gasteiger partial charge in [-0.15, -0.1) is 0 Å². The minimum Gasteiger partial charge on any atom is -0.508 e. The van der Waals surface area contributed by atoms with Gasteiger partial charge in [0.05, 0.1) is 18.2 Å². The van der Waals surface area contributed by atoms with Crippen LogP contribution in [0, 0.1) is 0 Å². The smallest absolute Gasteiger partial charge is 0.295 e. The fourth-order valence-corrected chi connectivity index (χ4v) is 3.76. The van der Waals surface area contributed by atoms with E-state index in [-0.39, 0.29) is 17.1 Å². The van der Waals surface area contributed by atoms with Crippen LogP contribution in [-0.2, 0) is 9.59 Å². The number of ether oxygens (including phenoxy) is 1. The maximum absolute atomic E-state index is 13.0. The molecule has 1 amide bonds. The van der Waals surface area contributed by atoms with E-state index in [0.29, 0.717) is 36.4 Å². The maximum Gasteiger partial charge on any atom is 0.295 e. The molecule has 2 aromatic rings. The fourth-order valence-electron chi connectivity index (χ4n) is 3.76. The Kier molecular flexibility index (Phi) is 6.97. The molecule has 3 rings (SSSR count). The lowest BCUT2D eigenvalue weighted by Gasteiger charge is -2.26. The molecule has 1 heterocycles. The Labute approximate surface area is 182 Å². The Morgan fingerprint density at radius 1 is 1.13 bits per heavy atom. The molecule has 0 aromatic heterocycles. The minimum atomic E-state index is -0.787. The summed E-state index contributed by atoms with van der Waals surface area (Å²) in [5.41, 5.74) is 0.961. The third-order valence-electron chi connectivity index (χ3n) is 5.15. The second-order valence-corrected chi connectivity index (χ2v) is 7.71. The van der Waals surface area contributed by atoms with Crippen molar-refractivity contribution in [3.63, 3.8) is 0 Å².